The van der Waals surface area contributed by atoms with Crippen molar-refractivity contribution in [1.82, 2.24) is 14.5 Å². The van der Waals surface area contributed by atoms with E-state index in [-0.39, 0.29) is 29.4 Å². The van der Waals surface area contributed by atoms with Crippen LogP contribution in [0.4, 0.5) is 4.79 Å². The van der Waals surface area contributed by atoms with Crippen LogP contribution in [0.1, 0.15) is 38.2 Å². The van der Waals surface area contributed by atoms with E-state index in [4.69, 9.17) is 0 Å². The minimum absolute atomic E-state index is 0.0273. The van der Waals surface area contributed by atoms with Crippen LogP contribution in [0.25, 0.3) is 0 Å². The van der Waals surface area contributed by atoms with Crippen molar-refractivity contribution in [3.63, 3.8) is 0 Å². The van der Waals surface area contributed by atoms with Crippen molar-refractivity contribution in [3.8, 4) is 0 Å². The smallest absolute Gasteiger partial charge is 0.324 e. The molecule has 0 spiro atoms. The number of hydrogen-bond donors (Lipinski definition) is 1. The number of amides is 3. The molecule has 7 nitrogen and oxygen atoms in total. The van der Waals surface area contributed by atoms with Crippen LogP contribution >= 0.6 is 0 Å². The topological polar surface area (TPSA) is 86.8 Å². The normalized spacial score (nSPS) is 20.4. The molecule has 2 aliphatic heterocycles. The third-order valence-corrected chi connectivity index (χ3v) is 6.76. The first kappa shape index (κ1) is 17.9. The Bertz CT molecular complexity index is 750. The summed E-state index contributed by atoms with van der Waals surface area (Å²) in [7, 11) is -3.55. The summed E-state index contributed by atoms with van der Waals surface area (Å²) in [4.78, 5) is 25.0. The maximum Gasteiger partial charge on any atom is 0.324 e. The fourth-order valence-electron chi connectivity index (χ4n) is 3.32. The van der Waals surface area contributed by atoms with Crippen molar-refractivity contribution in [2.45, 2.75) is 43.5 Å². The Kier molecular flexibility index (Phi) is 4.83. The molecule has 1 aromatic carbocycles. The van der Waals surface area contributed by atoms with Crippen molar-refractivity contribution < 1.29 is 18.0 Å². The van der Waals surface area contributed by atoms with Gasteiger partial charge in [-0.25, -0.2) is 13.2 Å². The molecule has 3 rings (SSSR count). The van der Waals surface area contributed by atoms with E-state index in [2.05, 4.69) is 19.2 Å². The van der Waals surface area contributed by atoms with Crippen LogP contribution < -0.4 is 5.32 Å². The van der Waals surface area contributed by atoms with E-state index in [1.807, 2.05) is 12.1 Å². The molecular weight excluding hydrogens is 342 g/mol. The van der Waals surface area contributed by atoms with Crippen LogP contribution in [0.5, 0.6) is 0 Å². The molecule has 8 heteroatoms. The highest BCUT2D eigenvalue weighted by Crippen LogP contribution is 2.25. The number of urea groups is 1. The molecule has 0 atom stereocenters. The summed E-state index contributed by atoms with van der Waals surface area (Å²) < 4.78 is 27.0. The van der Waals surface area contributed by atoms with Gasteiger partial charge in [-0.2, -0.15) is 4.31 Å². The van der Waals surface area contributed by atoms with Gasteiger partial charge in [-0.15, -0.1) is 0 Å². The average Bonchev–Trinajstić information content (AvgIpc) is 2.93. The highest BCUT2D eigenvalue weighted by molar-refractivity contribution is 7.89. The lowest BCUT2D eigenvalue weighted by molar-refractivity contribution is -0.127. The lowest BCUT2D eigenvalue weighted by atomic mass is 10.0. The minimum atomic E-state index is -3.55. The molecule has 0 saturated carbocycles. The quantitative estimate of drug-likeness (QED) is 0.820. The van der Waals surface area contributed by atoms with E-state index in [0.717, 1.165) is 5.56 Å². The third-order valence-electron chi connectivity index (χ3n) is 4.85. The summed E-state index contributed by atoms with van der Waals surface area (Å²) in [5.74, 6) is 0.104. The Morgan fingerprint density at radius 1 is 1.08 bits per heavy atom. The number of piperidine rings is 1. The fraction of sp³-hybridized carbons (Fsp3) is 0.529. The number of nitrogens with zero attached hydrogens (tertiary/aromatic N) is 2. The maximum atomic E-state index is 12.8. The zero-order valence-electron chi connectivity index (χ0n) is 14.4. The number of nitrogens with one attached hydrogen (secondary N) is 1. The van der Waals surface area contributed by atoms with Gasteiger partial charge in [0.05, 0.1) is 11.4 Å². The summed E-state index contributed by atoms with van der Waals surface area (Å²) in [5.41, 5.74) is 1.09. The van der Waals surface area contributed by atoms with E-state index in [0.29, 0.717) is 31.8 Å². The van der Waals surface area contributed by atoms with Crippen LogP contribution in [0.3, 0.4) is 0 Å². The van der Waals surface area contributed by atoms with Crippen LogP contribution in [0.15, 0.2) is 29.2 Å². The van der Waals surface area contributed by atoms with Gasteiger partial charge in [0.2, 0.25) is 15.9 Å². The van der Waals surface area contributed by atoms with E-state index in [1.54, 1.807) is 12.1 Å². The van der Waals surface area contributed by atoms with Gasteiger partial charge in [0.15, 0.2) is 0 Å². The molecule has 1 aromatic rings. The number of hydrogen-bond acceptors (Lipinski definition) is 4. The molecule has 25 heavy (non-hydrogen) atoms. The van der Waals surface area contributed by atoms with Crippen LogP contribution in [0.2, 0.25) is 0 Å². The van der Waals surface area contributed by atoms with Gasteiger partial charge in [0, 0.05) is 19.1 Å². The molecule has 0 radical (unpaired) electrons. The molecule has 1 N–H and O–H groups in total. The Morgan fingerprint density at radius 2 is 1.68 bits per heavy atom. The Morgan fingerprint density at radius 3 is 2.16 bits per heavy atom. The monoisotopic (exact) mass is 365 g/mol. The molecule has 3 amide bonds. The Hall–Kier alpha value is -1.93. The van der Waals surface area contributed by atoms with Crippen molar-refractivity contribution in [2.24, 2.45) is 0 Å². The highest BCUT2D eigenvalue weighted by Gasteiger charge is 2.38. The first-order valence-electron chi connectivity index (χ1n) is 8.50. The van der Waals surface area contributed by atoms with Gasteiger partial charge < -0.3 is 5.32 Å². The minimum Gasteiger partial charge on any atom is -0.329 e. The van der Waals surface area contributed by atoms with E-state index in [9.17, 15) is 18.0 Å². The summed E-state index contributed by atoms with van der Waals surface area (Å²) in [6.07, 6.45) is 0.922. The molecule has 2 saturated heterocycles. The second-order valence-corrected chi connectivity index (χ2v) is 8.72. The first-order valence-corrected chi connectivity index (χ1v) is 9.94. The van der Waals surface area contributed by atoms with Crippen molar-refractivity contribution >= 4 is 22.0 Å². The maximum absolute atomic E-state index is 12.8. The number of carbonyl (C=O) groups excluding carboxylic acids is 2. The van der Waals surface area contributed by atoms with Crippen molar-refractivity contribution in [2.75, 3.05) is 19.6 Å². The number of carbonyl (C=O) groups is 2. The SMILES string of the molecule is CC(C)c1ccc(S(=O)(=O)N2CCC(N3C(=O)CNC3=O)CC2)cc1. The third kappa shape index (κ3) is 3.41. The van der Waals surface area contributed by atoms with Gasteiger partial charge >= 0.3 is 6.03 Å². The Labute approximate surface area is 148 Å². The first-order chi connectivity index (χ1) is 11.8. The van der Waals surface area contributed by atoms with Gasteiger partial charge in [-0.05, 0) is 36.5 Å². The fourth-order valence-corrected chi connectivity index (χ4v) is 4.79. The van der Waals surface area contributed by atoms with Gasteiger partial charge in [-0.1, -0.05) is 26.0 Å². The highest BCUT2D eigenvalue weighted by atomic mass is 32.2. The molecule has 0 aliphatic carbocycles. The van der Waals surface area contributed by atoms with E-state index < -0.39 is 10.0 Å². The van der Waals surface area contributed by atoms with Gasteiger partial charge in [0.25, 0.3) is 0 Å². The zero-order chi connectivity index (χ0) is 18.2. The second-order valence-electron chi connectivity index (χ2n) is 6.78. The molecule has 0 unspecified atom stereocenters. The largest absolute Gasteiger partial charge is 0.329 e. The molecule has 2 aliphatic rings. The molecule has 2 heterocycles. The zero-order valence-corrected chi connectivity index (χ0v) is 15.3. The average molecular weight is 365 g/mol. The molecule has 136 valence electrons. The summed E-state index contributed by atoms with van der Waals surface area (Å²) in [6, 6.07) is 6.37. The van der Waals surface area contributed by atoms with Crippen LogP contribution in [0, 0.1) is 0 Å². The predicted octanol–water partition coefficient (Wildman–Crippen LogP) is 1.51. The lowest BCUT2D eigenvalue weighted by Crippen LogP contribution is -2.48. The number of sulfonamides is 1. The van der Waals surface area contributed by atoms with E-state index in [1.165, 1.54) is 9.21 Å². The molecule has 2 fully saturated rings. The Balaban J connectivity index is 1.69. The number of rotatable bonds is 4. The van der Waals surface area contributed by atoms with Crippen LogP contribution in [-0.2, 0) is 14.8 Å². The summed E-state index contributed by atoms with van der Waals surface area (Å²) >= 11 is 0. The van der Waals surface area contributed by atoms with Crippen molar-refractivity contribution in [3.05, 3.63) is 29.8 Å². The molecular formula is C17H23N3O4S. The van der Waals surface area contributed by atoms with Gasteiger partial charge in [-0.3, -0.25) is 9.69 Å². The summed E-state index contributed by atoms with van der Waals surface area (Å²) in [5, 5.41) is 2.50. The standard InChI is InChI=1S/C17H23N3O4S/c1-12(2)13-3-5-15(6-4-13)25(23,24)19-9-7-14(8-10-19)20-16(21)11-18-17(20)22/h3-6,12,14H,7-11H2,1-2H3,(H,18,22). The lowest BCUT2D eigenvalue weighted by Gasteiger charge is -2.34. The molecule has 0 aromatic heterocycles. The second kappa shape index (κ2) is 6.76. The molecule has 0 bridgehead atoms. The number of benzene rings is 1. The van der Waals surface area contributed by atoms with E-state index >= 15 is 0 Å². The van der Waals surface area contributed by atoms with Gasteiger partial charge in [0.1, 0.15) is 0 Å². The number of imide groups is 1. The van der Waals surface area contributed by atoms with Crippen LogP contribution in [-0.4, -0.2) is 55.2 Å². The predicted molar refractivity (Wildman–Crippen MR) is 92.6 cm³/mol. The van der Waals surface area contributed by atoms with Crippen molar-refractivity contribution in [1.29, 1.82) is 0 Å². The summed E-state index contributed by atoms with van der Waals surface area (Å²) in [6.45, 7) is 4.75.